The van der Waals surface area contributed by atoms with Crippen LogP contribution >= 0.6 is 0 Å². The van der Waals surface area contributed by atoms with Crippen LogP contribution in [0.1, 0.15) is 32.1 Å². The number of aliphatic carboxylic acids is 3. The van der Waals surface area contributed by atoms with E-state index in [0.29, 0.717) is 0 Å². The summed E-state index contributed by atoms with van der Waals surface area (Å²) in [5, 5.41) is 32.5. The Hall–Kier alpha value is -4.28. The molecule has 17 nitrogen and oxygen atoms in total. The molecule has 4 atom stereocenters. The minimum atomic E-state index is -1.78. The van der Waals surface area contributed by atoms with Gasteiger partial charge in [0.05, 0.1) is 25.3 Å². The third-order valence-electron chi connectivity index (χ3n) is 4.07. The SMILES string of the molecule is NC(=O)CC(NC(=O)C(N)CC(=O)O)C(=O)NC(CC(N)=O)C(=O)NC(CCC(=O)O)C(=O)O. The number of carboxylic acids is 3. The maximum absolute atomic E-state index is 12.6. The second kappa shape index (κ2) is 14.0. The monoisotopic (exact) mass is 490 g/mol. The van der Waals surface area contributed by atoms with E-state index >= 15 is 0 Å². The van der Waals surface area contributed by atoms with Gasteiger partial charge in [-0.05, 0) is 6.42 Å². The van der Waals surface area contributed by atoms with E-state index in [1.807, 2.05) is 16.0 Å². The molecule has 17 heteroatoms. The van der Waals surface area contributed by atoms with E-state index in [4.69, 9.17) is 32.5 Å². The smallest absolute Gasteiger partial charge is 0.326 e. The van der Waals surface area contributed by atoms with Gasteiger partial charge in [-0.3, -0.25) is 33.6 Å². The van der Waals surface area contributed by atoms with Crippen LogP contribution < -0.4 is 33.2 Å². The summed E-state index contributed by atoms with van der Waals surface area (Å²) in [6.45, 7) is 0. The van der Waals surface area contributed by atoms with Crippen molar-refractivity contribution in [1.82, 2.24) is 16.0 Å². The third kappa shape index (κ3) is 11.9. The quantitative estimate of drug-likeness (QED) is 0.0981. The Morgan fingerprint density at radius 3 is 1.38 bits per heavy atom. The van der Waals surface area contributed by atoms with Crippen LogP contribution in [0, 0.1) is 0 Å². The number of carboxylic acid groups (broad SMARTS) is 3. The Bertz CT molecular complexity index is 846. The fraction of sp³-hybridized carbons (Fsp3) is 0.529. The number of primary amides is 2. The summed E-state index contributed by atoms with van der Waals surface area (Å²) in [6.07, 6.45) is -3.59. The predicted octanol–water partition coefficient (Wildman–Crippen LogP) is -5.06. The maximum atomic E-state index is 12.6. The Balaban J connectivity index is 5.56. The lowest BCUT2D eigenvalue weighted by molar-refractivity contribution is -0.143. The van der Waals surface area contributed by atoms with Gasteiger partial charge in [0.1, 0.15) is 18.1 Å². The van der Waals surface area contributed by atoms with Gasteiger partial charge < -0.3 is 48.5 Å². The molecule has 0 aliphatic rings. The van der Waals surface area contributed by atoms with Crippen LogP contribution in [0.4, 0.5) is 0 Å². The molecule has 0 heterocycles. The molecular weight excluding hydrogens is 464 g/mol. The van der Waals surface area contributed by atoms with E-state index in [0.717, 1.165) is 0 Å². The molecule has 0 saturated heterocycles. The largest absolute Gasteiger partial charge is 0.481 e. The maximum Gasteiger partial charge on any atom is 0.326 e. The fourth-order valence-electron chi connectivity index (χ4n) is 2.45. The summed E-state index contributed by atoms with van der Waals surface area (Å²) in [4.78, 5) is 92.3. The molecule has 0 rings (SSSR count). The normalized spacial score (nSPS) is 13.9. The molecule has 0 saturated carbocycles. The number of carbonyl (C=O) groups is 8. The van der Waals surface area contributed by atoms with Gasteiger partial charge in [0.15, 0.2) is 0 Å². The van der Waals surface area contributed by atoms with Crippen molar-refractivity contribution in [2.45, 2.75) is 56.3 Å². The Labute approximate surface area is 191 Å². The first-order chi connectivity index (χ1) is 15.6. The van der Waals surface area contributed by atoms with Crippen molar-refractivity contribution in [3.05, 3.63) is 0 Å². The van der Waals surface area contributed by atoms with E-state index in [1.54, 1.807) is 0 Å². The average molecular weight is 490 g/mol. The molecular formula is C17H26N6O11. The molecule has 0 radical (unpaired) electrons. The first-order valence-corrected chi connectivity index (χ1v) is 9.53. The highest BCUT2D eigenvalue weighted by atomic mass is 16.4. The summed E-state index contributed by atoms with van der Waals surface area (Å²) in [7, 11) is 0. The zero-order chi connectivity index (χ0) is 26.6. The topological polar surface area (TPSA) is 311 Å². The van der Waals surface area contributed by atoms with Gasteiger partial charge in [-0.15, -0.1) is 0 Å². The fourth-order valence-corrected chi connectivity index (χ4v) is 2.45. The molecule has 34 heavy (non-hydrogen) atoms. The Kier molecular flexibility index (Phi) is 12.2. The molecule has 5 amide bonds. The molecule has 0 aliphatic heterocycles. The molecule has 0 fully saturated rings. The lowest BCUT2D eigenvalue weighted by Gasteiger charge is -2.24. The predicted molar refractivity (Wildman–Crippen MR) is 108 cm³/mol. The molecule has 0 aromatic carbocycles. The lowest BCUT2D eigenvalue weighted by Crippen LogP contribution is -2.58. The highest BCUT2D eigenvalue weighted by molar-refractivity contribution is 5.98. The number of hydrogen-bond acceptors (Lipinski definition) is 9. The number of rotatable bonds is 16. The molecule has 0 aliphatic carbocycles. The van der Waals surface area contributed by atoms with Crippen molar-refractivity contribution in [3.63, 3.8) is 0 Å². The zero-order valence-corrected chi connectivity index (χ0v) is 17.7. The van der Waals surface area contributed by atoms with Crippen LogP contribution in [0.2, 0.25) is 0 Å². The zero-order valence-electron chi connectivity index (χ0n) is 17.7. The highest BCUT2D eigenvalue weighted by Crippen LogP contribution is 2.03. The summed E-state index contributed by atoms with van der Waals surface area (Å²) >= 11 is 0. The molecule has 0 aromatic rings. The van der Waals surface area contributed by atoms with Gasteiger partial charge in [-0.2, -0.15) is 0 Å². The van der Waals surface area contributed by atoms with Crippen LogP contribution in [0.3, 0.4) is 0 Å². The first kappa shape index (κ1) is 29.7. The average Bonchev–Trinajstić information content (AvgIpc) is 2.68. The van der Waals surface area contributed by atoms with Crippen molar-refractivity contribution < 1.29 is 53.7 Å². The molecule has 0 bridgehead atoms. The number of carbonyl (C=O) groups excluding carboxylic acids is 5. The van der Waals surface area contributed by atoms with E-state index in [2.05, 4.69) is 0 Å². The highest BCUT2D eigenvalue weighted by Gasteiger charge is 2.32. The minimum absolute atomic E-state index is 0.518. The van der Waals surface area contributed by atoms with E-state index in [1.165, 1.54) is 0 Å². The molecule has 4 unspecified atom stereocenters. The number of amides is 5. The van der Waals surface area contributed by atoms with Gasteiger partial charge in [-0.25, -0.2) is 4.79 Å². The van der Waals surface area contributed by atoms with Crippen LogP contribution in [-0.2, 0) is 38.4 Å². The first-order valence-electron chi connectivity index (χ1n) is 9.53. The molecule has 0 spiro atoms. The standard InChI is InChI=1S/C17H26N6O11/c18-6(3-13(28)29)14(30)22-8(4-10(19)24)16(32)23-9(5-11(20)25)15(31)21-7(17(33)34)1-2-12(26)27/h6-9H,1-5,18H2,(H2,19,24)(H2,20,25)(H,21,31)(H,22,30)(H,23,32)(H,26,27)(H,28,29)(H,33,34). The minimum Gasteiger partial charge on any atom is -0.481 e. The van der Waals surface area contributed by atoms with Crippen molar-refractivity contribution in [1.29, 1.82) is 0 Å². The summed E-state index contributed by atoms with van der Waals surface area (Å²) < 4.78 is 0. The number of nitrogens with one attached hydrogen (secondary N) is 3. The summed E-state index contributed by atoms with van der Waals surface area (Å²) in [5.74, 6) is -10.1. The van der Waals surface area contributed by atoms with Gasteiger partial charge in [0, 0.05) is 6.42 Å². The van der Waals surface area contributed by atoms with Crippen LogP contribution in [0.25, 0.3) is 0 Å². The molecule has 190 valence electrons. The molecule has 0 aromatic heterocycles. The Morgan fingerprint density at radius 1 is 0.618 bits per heavy atom. The Morgan fingerprint density at radius 2 is 1.03 bits per heavy atom. The van der Waals surface area contributed by atoms with Crippen LogP contribution in [0.15, 0.2) is 0 Å². The molecule has 12 N–H and O–H groups in total. The second-order valence-electron chi connectivity index (χ2n) is 7.00. The van der Waals surface area contributed by atoms with Gasteiger partial charge in [0.25, 0.3) is 0 Å². The van der Waals surface area contributed by atoms with E-state index < -0.39 is 104 Å². The van der Waals surface area contributed by atoms with Crippen LogP contribution in [0.5, 0.6) is 0 Å². The van der Waals surface area contributed by atoms with Crippen molar-refractivity contribution in [2.24, 2.45) is 17.2 Å². The third-order valence-corrected chi connectivity index (χ3v) is 4.07. The number of hydrogen-bond donors (Lipinski definition) is 9. The second-order valence-corrected chi connectivity index (χ2v) is 7.00. The van der Waals surface area contributed by atoms with E-state index in [-0.39, 0.29) is 0 Å². The lowest BCUT2D eigenvalue weighted by atomic mass is 10.1. The summed E-state index contributed by atoms with van der Waals surface area (Å²) in [5.41, 5.74) is 15.5. The van der Waals surface area contributed by atoms with Gasteiger partial charge in [0.2, 0.25) is 29.5 Å². The van der Waals surface area contributed by atoms with Crippen molar-refractivity contribution in [2.75, 3.05) is 0 Å². The number of nitrogens with two attached hydrogens (primary N) is 3. The van der Waals surface area contributed by atoms with E-state index in [9.17, 15) is 38.4 Å². The van der Waals surface area contributed by atoms with Crippen molar-refractivity contribution in [3.8, 4) is 0 Å². The van der Waals surface area contributed by atoms with Crippen molar-refractivity contribution >= 4 is 47.4 Å². The van der Waals surface area contributed by atoms with Gasteiger partial charge >= 0.3 is 17.9 Å². The van der Waals surface area contributed by atoms with Gasteiger partial charge in [-0.1, -0.05) is 0 Å². The van der Waals surface area contributed by atoms with Crippen LogP contribution in [-0.4, -0.2) is 86.9 Å². The summed E-state index contributed by atoms with van der Waals surface area (Å²) in [6, 6.07) is -6.81.